The van der Waals surface area contributed by atoms with Crippen molar-refractivity contribution >= 4 is 11.6 Å². The van der Waals surface area contributed by atoms with E-state index in [1.54, 1.807) is 20.3 Å². The van der Waals surface area contributed by atoms with E-state index in [2.05, 4.69) is 39.2 Å². The van der Waals surface area contributed by atoms with E-state index >= 15 is 0 Å². The Morgan fingerprint density at radius 1 is 0.944 bits per heavy atom. The fourth-order valence-corrected chi connectivity index (χ4v) is 5.97. The van der Waals surface area contributed by atoms with Gasteiger partial charge in [-0.1, -0.05) is 46.4 Å². The van der Waals surface area contributed by atoms with Crippen molar-refractivity contribution in [3.63, 3.8) is 0 Å². The summed E-state index contributed by atoms with van der Waals surface area (Å²) in [5.41, 5.74) is 4.14. The van der Waals surface area contributed by atoms with Gasteiger partial charge in [0.2, 0.25) is 0 Å². The van der Waals surface area contributed by atoms with Crippen LogP contribution < -0.4 is 9.47 Å². The zero-order valence-corrected chi connectivity index (χ0v) is 22.5. The highest BCUT2D eigenvalue weighted by atomic mass is 16.5. The Kier molecular flexibility index (Phi) is 7.20. The van der Waals surface area contributed by atoms with E-state index in [4.69, 9.17) is 14.2 Å². The van der Waals surface area contributed by atoms with Gasteiger partial charge in [0.25, 0.3) is 0 Å². The van der Waals surface area contributed by atoms with Crippen molar-refractivity contribution in [1.29, 1.82) is 0 Å². The molecule has 3 aliphatic rings. The van der Waals surface area contributed by atoms with Crippen LogP contribution in [0, 0.1) is 10.8 Å². The first-order valence-electron chi connectivity index (χ1n) is 12.7. The fraction of sp³-hybridized carbons (Fsp3) is 0.533. The van der Waals surface area contributed by atoms with Crippen molar-refractivity contribution in [3.8, 4) is 11.5 Å². The van der Waals surface area contributed by atoms with Crippen LogP contribution in [0.5, 0.6) is 11.5 Å². The first-order valence-corrected chi connectivity index (χ1v) is 12.7. The second kappa shape index (κ2) is 9.89. The van der Waals surface area contributed by atoms with Crippen LogP contribution >= 0.6 is 0 Å². The number of methoxy groups -OCH3 is 2. The molecule has 6 nitrogen and oxygen atoms in total. The molecule has 1 heterocycles. The molecule has 0 atom stereocenters. The lowest BCUT2D eigenvalue weighted by atomic mass is 9.63. The van der Waals surface area contributed by atoms with Gasteiger partial charge in [-0.2, -0.15) is 0 Å². The van der Waals surface area contributed by atoms with E-state index in [0.717, 1.165) is 40.9 Å². The van der Waals surface area contributed by atoms with Crippen molar-refractivity contribution < 1.29 is 23.8 Å². The fourth-order valence-electron chi connectivity index (χ4n) is 5.97. The van der Waals surface area contributed by atoms with E-state index in [1.807, 2.05) is 18.2 Å². The summed E-state index contributed by atoms with van der Waals surface area (Å²) in [5.74, 6) is 0.998. The number of nitrogens with zero attached hydrogens (tertiary/aromatic N) is 1. The molecular weight excluding hydrogens is 454 g/mol. The predicted octanol–water partition coefficient (Wildman–Crippen LogP) is 5.59. The predicted molar refractivity (Wildman–Crippen MR) is 140 cm³/mol. The maximum atomic E-state index is 13.8. The molecule has 194 valence electrons. The number of hydrogen-bond donors (Lipinski definition) is 0. The second-order valence-electron chi connectivity index (χ2n) is 11.7. The number of benzene rings is 1. The molecule has 4 rings (SSSR count). The van der Waals surface area contributed by atoms with Crippen LogP contribution in [0.3, 0.4) is 0 Å². The van der Waals surface area contributed by atoms with Crippen LogP contribution in [0.25, 0.3) is 0 Å². The van der Waals surface area contributed by atoms with E-state index in [-0.39, 0.29) is 22.4 Å². The smallest absolute Gasteiger partial charge is 0.162 e. The van der Waals surface area contributed by atoms with E-state index in [0.29, 0.717) is 44.1 Å². The number of rotatable bonds is 8. The van der Waals surface area contributed by atoms with Gasteiger partial charge in [0.05, 0.1) is 13.7 Å². The Hall–Kier alpha value is -2.86. The zero-order chi connectivity index (χ0) is 26.3. The van der Waals surface area contributed by atoms with Crippen molar-refractivity contribution in [1.82, 2.24) is 4.90 Å². The average Bonchev–Trinajstić information content (AvgIpc) is 2.79. The average molecular weight is 494 g/mol. The lowest BCUT2D eigenvalue weighted by Crippen LogP contribution is -2.45. The molecule has 1 aliphatic heterocycles. The molecular formula is C30H39NO5. The molecule has 1 aromatic rings. The van der Waals surface area contributed by atoms with Gasteiger partial charge in [-0.25, -0.2) is 0 Å². The number of Topliss-reactive ketones (excluding diaryl/α,β-unsaturated/α-hetero) is 2. The Labute approximate surface area is 215 Å². The Morgan fingerprint density at radius 2 is 1.53 bits per heavy atom. The quantitative estimate of drug-likeness (QED) is 0.440. The third kappa shape index (κ3) is 4.88. The van der Waals surface area contributed by atoms with Crippen LogP contribution in [0.15, 0.2) is 53.4 Å². The van der Waals surface area contributed by atoms with Crippen molar-refractivity contribution in [3.05, 3.63) is 59.0 Å². The lowest BCUT2D eigenvalue weighted by Gasteiger charge is -2.49. The summed E-state index contributed by atoms with van der Waals surface area (Å²) in [6.07, 6.45) is 4.15. The normalized spacial score (nSPS) is 21.3. The molecule has 6 heteroatoms. The third-order valence-corrected chi connectivity index (χ3v) is 7.42. The Balaban J connectivity index is 1.95. The molecule has 0 fully saturated rings. The molecule has 0 N–H and O–H groups in total. The largest absolute Gasteiger partial charge is 0.493 e. The summed E-state index contributed by atoms with van der Waals surface area (Å²) in [6.45, 7) is 13.8. The maximum absolute atomic E-state index is 13.8. The highest BCUT2D eigenvalue weighted by Gasteiger charge is 2.48. The number of ether oxygens (including phenoxy) is 3. The summed E-state index contributed by atoms with van der Waals surface area (Å²) >= 11 is 0. The first kappa shape index (κ1) is 26.2. The summed E-state index contributed by atoms with van der Waals surface area (Å²) < 4.78 is 16.9. The number of hydrogen-bond acceptors (Lipinski definition) is 6. The molecule has 0 bridgehead atoms. The number of allylic oxidation sites excluding steroid dienone is 4. The highest BCUT2D eigenvalue weighted by Crippen LogP contribution is 2.54. The summed E-state index contributed by atoms with van der Waals surface area (Å²) in [4.78, 5) is 29.8. The van der Waals surface area contributed by atoms with Crippen molar-refractivity contribution in [2.75, 3.05) is 34.0 Å². The highest BCUT2D eigenvalue weighted by molar-refractivity contribution is 6.06. The van der Waals surface area contributed by atoms with E-state index < -0.39 is 5.92 Å². The van der Waals surface area contributed by atoms with Crippen LogP contribution in [0.2, 0.25) is 0 Å². The van der Waals surface area contributed by atoms with Crippen LogP contribution in [-0.2, 0) is 14.3 Å². The minimum atomic E-state index is -0.414. The monoisotopic (exact) mass is 493 g/mol. The molecule has 0 saturated carbocycles. The van der Waals surface area contributed by atoms with E-state index in [1.165, 1.54) is 0 Å². The van der Waals surface area contributed by atoms with Crippen molar-refractivity contribution in [2.24, 2.45) is 10.8 Å². The number of carbonyl (C=O) groups is 2. The maximum Gasteiger partial charge on any atom is 0.162 e. The van der Waals surface area contributed by atoms with Gasteiger partial charge >= 0.3 is 0 Å². The van der Waals surface area contributed by atoms with Crippen molar-refractivity contribution in [2.45, 2.75) is 59.3 Å². The van der Waals surface area contributed by atoms with Gasteiger partial charge in [-0.05, 0) is 41.4 Å². The lowest BCUT2D eigenvalue weighted by molar-refractivity contribution is -0.119. The summed E-state index contributed by atoms with van der Waals surface area (Å²) in [7, 11) is 3.29. The minimum absolute atomic E-state index is 0.115. The molecule has 0 aromatic heterocycles. The summed E-state index contributed by atoms with van der Waals surface area (Å²) in [6, 6.07) is 5.75. The number of carbonyl (C=O) groups excluding carboxylic acids is 2. The topological polar surface area (TPSA) is 65.1 Å². The van der Waals surface area contributed by atoms with Gasteiger partial charge in [-0.15, -0.1) is 0 Å². The Morgan fingerprint density at radius 3 is 2.03 bits per heavy atom. The van der Waals surface area contributed by atoms with Crippen LogP contribution in [0.4, 0.5) is 0 Å². The zero-order valence-electron chi connectivity index (χ0n) is 22.5. The Bertz CT molecular complexity index is 1090. The second-order valence-corrected chi connectivity index (χ2v) is 11.7. The minimum Gasteiger partial charge on any atom is -0.493 e. The number of ketones is 2. The van der Waals surface area contributed by atoms with Gasteiger partial charge in [0.15, 0.2) is 23.1 Å². The molecule has 0 unspecified atom stereocenters. The standard InChI is InChI=1S/C30H39NO5/c1-8-12-36-24-10-9-19(14-25(24)35-7)26-27-20(15-29(2,3)17-22(27)32)31(11-13-34-6)21-16-30(4,5)18-23(33)28(21)26/h8-10,14,26H,1,11-13,15-18H2,2-7H3. The van der Waals surface area contributed by atoms with Gasteiger partial charge in [0, 0.05) is 55.0 Å². The molecule has 36 heavy (non-hydrogen) atoms. The van der Waals surface area contributed by atoms with Crippen LogP contribution in [0.1, 0.15) is 64.9 Å². The molecule has 0 spiro atoms. The third-order valence-electron chi connectivity index (χ3n) is 7.42. The molecule has 0 radical (unpaired) electrons. The van der Waals surface area contributed by atoms with Gasteiger partial charge in [0.1, 0.15) is 6.61 Å². The van der Waals surface area contributed by atoms with Gasteiger partial charge in [-0.3, -0.25) is 9.59 Å². The molecule has 0 amide bonds. The van der Waals surface area contributed by atoms with Gasteiger partial charge < -0.3 is 19.1 Å². The SMILES string of the molecule is C=CCOc1ccc(C2C3=C(CC(C)(C)CC3=O)N(CCOC)C3=C2C(=O)CC(C)(C)C3)cc1OC. The first-order chi connectivity index (χ1) is 17.0. The molecule has 2 aliphatic carbocycles. The molecule has 0 saturated heterocycles. The van der Waals surface area contributed by atoms with Crippen LogP contribution in [-0.4, -0.2) is 50.4 Å². The molecule has 1 aromatic carbocycles. The summed E-state index contributed by atoms with van der Waals surface area (Å²) in [5, 5.41) is 0. The van der Waals surface area contributed by atoms with E-state index in [9.17, 15) is 9.59 Å².